The molecule has 0 aliphatic rings. The number of carbonyl (C=O) groups is 1. The number of carboxylic acids is 1. The van der Waals surface area contributed by atoms with E-state index in [0.29, 0.717) is 12.8 Å². The van der Waals surface area contributed by atoms with Crippen LogP contribution in [0, 0.1) is 5.92 Å². The largest absolute Gasteiger partial charge is 0.481 e. The van der Waals surface area contributed by atoms with Gasteiger partial charge in [-0.1, -0.05) is 6.92 Å². The Morgan fingerprint density at radius 1 is 1.71 bits per heavy atom. The van der Waals surface area contributed by atoms with Crippen molar-refractivity contribution in [2.24, 2.45) is 5.92 Å². The maximum absolute atomic E-state index is 10.6. The second-order valence-corrected chi connectivity index (χ2v) is 4.06. The Balaban J connectivity index is 2.54. The molecule has 1 heterocycles. The van der Waals surface area contributed by atoms with Gasteiger partial charge in [0, 0.05) is 10.7 Å². The number of carboxylic acid groups (broad SMARTS) is 1. The van der Waals surface area contributed by atoms with E-state index in [0.717, 1.165) is 10.2 Å². The molecule has 0 fully saturated rings. The number of nitrogens with zero attached hydrogens (tertiary/aromatic N) is 1. The predicted octanol–water partition coefficient (Wildman–Crippen LogP) is 2.50. The summed E-state index contributed by atoms with van der Waals surface area (Å²) in [6.07, 6.45) is 3.02. The average molecular weight is 258 g/mol. The van der Waals surface area contributed by atoms with E-state index < -0.39 is 5.97 Å². The normalized spacial score (nSPS) is 12.4. The molecule has 0 bridgehead atoms. The predicted molar refractivity (Wildman–Crippen MR) is 57.1 cm³/mol. The third kappa shape index (κ3) is 3.10. The maximum Gasteiger partial charge on any atom is 0.306 e. The van der Waals surface area contributed by atoms with Crippen LogP contribution in [0.15, 0.2) is 22.8 Å². The van der Waals surface area contributed by atoms with Crippen molar-refractivity contribution >= 4 is 21.9 Å². The lowest BCUT2D eigenvalue weighted by molar-refractivity contribution is -0.141. The lowest BCUT2D eigenvalue weighted by Gasteiger charge is -2.06. The molecule has 76 valence electrons. The Labute approximate surface area is 91.3 Å². The smallest absolute Gasteiger partial charge is 0.306 e. The van der Waals surface area contributed by atoms with Crippen LogP contribution >= 0.6 is 15.9 Å². The zero-order chi connectivity index (χ0) is 10.6. The van der Waals surface area contributed by atoms with Crippen molar-refractivity contribution in [1.29, 1.82) is 0 Å². The third-order valence-electron chi connectivity index (χ3n) is 2.07. The molecule has 0 aliphatic heterocycles. The summed E-state index contributed by atoms with van der Waals surface area (Å²) in [6.45, 7) is 1.71. The van der Waals surface area contributed by atoms with Gasteiger partial charge in [0.1, 0.15) is 0 Å². The molecule has 14 heavy (non-hydrogen) atoms. The van der Waals surface area contributed by atoms with Crippen molar-refractivity contribution in [3.63, 3.8) is 0 Å². The van der Waals surface area contributed by atoms with E-state index in [1.165, 1.54) is 0 Å². The third-order valence-corrected chi connectivity index (χ3v) is 2.79. The zero-order valence-corrected chi connectivity index (χ0v) is 9.49. The number of aliphatic carboxylic acids is 1. The van der Waals surface area contributed by atoms with Crippen molar-refractivity contribution in [2.75, 3.05) is 0 Å². The Bertz CT molecular complexity index is 328. The Kier molecular flexibility index (Phi) is 4.07. The summed E-state index contributed by atoms with van der Waals surface area (Å²) in [6, 6.07) is 3.75. The van der Waals surface area contributed by atoms with Crippen LogP contribution in [-0.2, 0) is 11.2 Å². The van der Waals surface area contributed by atoms with Crippen molar-refractivity contribution in [2.45, 2.75) is 19.8 Å². The van der Waals surface area contributed by atoms with Gasteiger partial charge in [0.25, 0.3) is 0 Å². The summed E-state index contributed by atoms with van der Waals surface area (Å²) in [5.74, 6) is -1.07. The average Bonchev–Trinajstić information content (AvgIpc) is 2.16. The first-order chi connectivity index (χ1) is 6.61. The highest BCUT2D eigenvalue weighted by molar-refractivity contribution is 9.10. The zero-order valence-electron chi connectivity index (χ0n) is 7.90. The van der Waals surface area contributed by atoms with Crippen molar-refractivity contribution in [3.8, 4) is 0 Å². The molecule has 0 aliphatic carbocycles. The van der Waals surface area contributed by atoms with Crippen molar-refractivity contribution < 1.29 is 9.90 Å². The molecule has 0 aromatic carbocycles. The number of halogens is 1. The lowest BCUT2D eigenvalue weighted by Crippen LogP contribution is -2.10. The summed E-state index contributed by atoms with van der Waals surface area (Å²) in [5, 5.41) is 8.70. The lowest BCUT2D eigenvalue weighted by atomic mass is 10.0. The maximum atomic E-state index is 10.6. The standard InChI is InChI=1S/C10H12BrNO2/c1-7(10(13)14)4-5-9-8(11)3-2-6-12-9/h2-3,6-7H,4-5H2,1H3,(H,13,14). The summed E-state index contributed by atoms with van der Waals surface area (Å²) in [4.78, 5) is 14.7. The first kappa shape index (κ1) is 11.2. The molecule has 0 saturated carbocycles. The van der Waals surface area contributed by atoms with Crippen LogP contribution in [-0.4, -0.2) is 16.1 Å². The van der Waals surface area contributed by atoms with Gasteiger partial charge < -0.3 is 5.11 Å². The summed E-state index contributed by atoms with van der Waals surface area (Å²) < 4.78 is 0.942. The molecule has 0 amide bonds. The molecule has 0 spiro atoms. The van der Waals surface area contributed by atoms with E-state index in [2.05, 4.69) is 20.9 Å². The second-order valence-electron chi connectivity index (χ2n) is 3.21. The number of aromatic nitrogens is 1. The minimum atomic E-state index is -0.753. The molecule has 0 radical (unpaired) electrons. The van der Waals surface area contributed by atoms with E-state index in [1.807, 2.05) is 12.1 Å². The number of hydrogen-bond acceptors (Lipinski definition) is 2. The van der Waals surface area contributed by atoms with Gasteiger partial charge in [-0.3, -0.25) is 9.78 Å². The van der Waals surface area contributed by atoms with Crippen LogP contribution in [0.2, 0.25) is 0 Å². The van der Waals surface area contributed by atoms with E-state index in [9.17, 15) is 4.79 Å². The number of rotatable bonds is 4. The van der Waals surface area contributed by atoms with Crippen LogP contribution in [0.25, 0.3) is 0 Å². The molecule has 1 aromatic heterocycles. The Morgan fingerprint density at radius 2 is 2.43 bits per heavy atom. The highest BCUT2D eigenvalue weighted by Gasteiger charge is 2.11. The van der Waals surface area contributed by atoms with Crippen LogP contribution in [0.3, 0.4) is 0 Å². The molecule has 1 unspecified atom stereocenters. The minimum Gasteiger partial charge on any atom is -0.481 e. The van der Waals surface area contributed by atoms with E-state index >= 15 is 0 Å². The number of pyridine rings is 1. The van der Waals surface area contributed by atoms with Crippen LogP contribution in [0.5, 0.6) is 0 Å². The fourth-order valence-electron chi connectivity index (χ4n) is 1.08. The van der Waals surface area contributed by atoms with Crippen LogP contribution in [0.4, 0.5) is 0 Å². The number of aryl methyl sites for hydroxylation is 1. The molecule has 0 saturated heterocycles. The quantitative estimate of drug-likeness (QED) is 0.902. The summed E-state index contributed by atoms with van der Waals surface area (Å²) >= 11 is 3.37. The van der Waals surface area contributed by atoms with Gasteiger partial charge in [-0.25, -0.2) is 0 Å². The fourth-order valence-corrected chi connectivity index (χ4v) is 1.53. The molecule has 1 atom stereocenters. The summed E-state index contributed by atoms with van der Waals surface area (Å²) in [5.41, 5.74) is 0.917. The van der Waals surface area contributed by atoms with Gasteiger partial charge in [0.2, 0.25) is 0 Å². The van der Waals surface area contributed by atoms with Gasteiger partial charge in [0.15, 0.2) is 0 Å². The molecular formula is C10H12BrNO2. The van der Waals surface area contributed by atoms with Crippen molar-refractivity contribution in [3.05, 3.63) is 28.5 Å². The van der Waals surface area contributed by atoms with Crippen LogP contribution in [0.1, 0.15) is 19.0 Å². The molecule has 3 nitrogen and oxygen atoms in total. The first-order valence-electron chi connectivity index (χ1n) is 4.43. The molecule has 1 N–H and O–H groups in total. The highest BCUT2D eigenvalue weighted by Crippen LogP contribution is 2.16. The summed E-state index contributed by atoms with van der Waals surface area (Å²) in [7, 11) is 0. The molecular weight excluding hydrogens is 246 g/mol. The monoisotopic (exact) mass is 257 g/mol. The van der Waals surface area contributed by atoms with Gasteiger partial charge in [-0.2, -0.15) is 0 Å². The van der Waals surface area contributed by atoms with Gasteiger partial charge >= 0.3 is 5.97 Å². The van der Waals surface area contributed by atoms with Crippen molar-refractivity contribution in [1.82, 2.24) is 4.98 Å². The molecule has 4 heteroatoms. The van der Waals surface area contributed by atoms with Crippen LogP contribution < -0.4 is 0 Å². The van der Waals surface area contributed by atoms with Gasteiger partial charge in [-0.05, 0) is 40.9 Å². The fraction of sp³-hybridized carbons (Fsp3) is 0.400. The van der Waals surface area contributed by atoms with E-state index in [1.54, 1.807) is 13.1 Å². The topological polar surface area (TPSA) is 50.2 Å². The van der Waals surface area contributed by atoms with E-state index in [4.69, 9.17) is 5.11 Å². The van der Waals surface area contributed by atoms with Gasteiger partial charge in [-0.15, -0.1) is 0 Å². The van der Waals surface area contributed by atoms with E-state index in [-0.39, 0.29) is 5.92 Å². The number of hydrogen-bond donors (Lipinski definition) is 1. The Hall–Kier alpha value is -0.900. The van der Waals surface area contributed by atoms with Gasteiger partial charge in [0.05, 0.1) is 11.6 Å². The first-order valence-corrected chi connectivity index (χ1v) is 5.22. The SMILES string of the molecule is CC(CCc1ncccc1Br)C(=O)O. The minimum absolute atomic E-state index is 0.316. The Morgan fingerprint density at radius 3 is 3.00 bits per heavy atom. The second kappa shape index (κ2) is 5.10. The highest BCUT2D eigenvalue weighted by atomic mass is 79.9. The molecule has 1 rings (SSSR count). The molecule has 1 aromatic rings.